The molecule has 1 aliphatic heterocycles. The quantitative estimate of drug-likeness (QED) is 0.914. The van der Waals surface area contributed by atoms with E-state index in [9.17, 15) is 4.79 Å². The van der Waals surface area contributed by atoms with Crippen LogP contribution in [0.5, 0.6) is 5.75 Å². The van der Waals surface area contributed by atoms with Crippen molar-refractivity contribution in [1.29, 1.82) is 0 Å². The van der Waals surface area contributed by atoms with Crippen LogP contribution in [0.25, 0.3) is 0 Å². The fraction of sp³-hybridized carbons (Fsp3) is 0.353. The molecule has 3 rings (SSSR count). The summed E-state index contributed by atoms with van der Waals surface area (Å²) in [5.74, 6) is 0.513. The third-order valence-electron chi connectivity index (χ3n) is 3.90. The Balaban J connectivity index is 1.63. The molecule has 1 aliphatic rings. The Morgan fingerprint density at radius 2 is 2.17 bits per heavy atom. The maximum absolute atomic E-state index is 12.3. The lowest BCUT2D eigenvalue weighted by Gasteiger charge is -2.09. The van der Waals surface area contributed by atoms with Crippen LogP contribution in [0.1, 0.15) is 24.6 Å². The Hall–Kier alpha value is -2.83. The van der Waals surface area contributed by atoms with Crippen molar-refractivity contribution in [3.05, 3.63) is 41.7 Å². The molecule has 24 heavy (non-hydrogen) atoms. The molecule has 7 heteroatoms. The van der Waals surface area contributed by atoms with Crippen LogP contribution < -0.4 is 10.1 Å². The molecule has 0 saturated heterocycles. The van der Waals surface area contributed by atoms with Gasteiger partial charge in [-0.2, -0.15) is 5.10 Å². The van der Waals surface area contributed by atoms with E-state index in [0.717, 1.165) is 29.3 Å². The minimum atomic E-state index is -0.633. The number of carbonyl (C=O) groups excluding carboxylic acids is 1. The lowest BCUT2D eigenvalue weighted by Crippen LogP contribution is -2.28. The Kier molecular flexibility index (Phi) is 4.50. The summed E-state index contributed by atoms with van der Waals surface area (Å²) in [6.07, 6.45) is 1.73. The average Bonchev–Trinajstić information content (AvgIpc) is 3.22. The Labute approximate surface area is 140 Å². The zero-order valence-corrected chi connectivity index (χ0v) is 13.9. The van der Waals surface area contributed by atoms with Gasteiger partial charge in [-0.05, 0) is 38.1 Å². The van der Waals surface area contributed by atoms with E-state index in [1.807, 2.05) is 24.7 Å². The molecule has 0 aliphatic carbocycles. The maximum atomic E-state index is 12.3. The number of methoxy groups -OCH3 is 1. The molecule has 0 spiro atoms. The third-order valence-corrected chi connectivity index (χ3v) is 3.90. The topological polar surface area (TPSA) is 77.7 Å². The number of rotatable bonds is 5. The number of ether oxygens (including phenoxy) is 1. The number of carbonyl (C=O) groups is 1. The average molecular weight is 328 g/mol. The van der Waals surface area contributed by atoms with Gasteiger partial charge in [-0.1, -0.05) is 5.16 Å². The van der Waals surface area contributed by atoms with Crippen LogP contribution in [0.15, 0.2) is 35.6 Å². The Morgan fingerprint density at radius 3 is 2.79 bits per heavy atom. The van der Waals surface area contributed by atoms with E-state index in [0.29, 0.717) is 12.1 Å². The minimum absolute atomic E-state index is 0.223. The summed E-state index contributed by atoms with van der Waals surface area (Å²) in [5, 5.41) is 11.3. The second-order valence-electron chi connectivity index (χ2n) is 5.54. The zero-order valence-electron chi connectivity index (χ0n) is 13.9. The molecule has 2 aromatic rings. The number of benzene rings is 1. The monoisotopic (exact) mass is 328 g/mol. The first-order valence-electron chi connectivity index (χ1n) is 7.82. The van der Waals surface area contributed by atoms with Crippen LogP contribution in [0.3, 0.4) is 0 Å². The zero-order chi connectivity index (χ0) is 17.1. The highest BCUT2D eigenvalue weighted by Gasteiger charge is 2.30. The van der Waals surface area contributed by atoms with Crippen molar-refractivity contribution in [3.8, 4) is 5.75 Å². The van der Waals surface area contributed by atoms with Crippen molar-refractivity contribution in [3.63, 3.8) is 0 Å². The van der Waals surface area contributed by atoms with Crippen molar-refractivity contribution < 1.29 is 14.4 Å². The number of anilines is 1. The number of oxime groups is 1. The minimum Gasteiger partial charge on any atom is -0.497 e. The normalized spacial score (nSPS) is 16.5. The smallest absolute Gasteiger partial charge is 0.268 e. The first kappa shape index (κ1) is 16.0. The Bertz CT molecular complexity index is 765. The first-order valence-corrected chi connectivity index (χ1v) is 7.82. The van der Waals surface area contributed by atoms with Crippen molar-refractivity contribution in [2.75, 3.05) is 12.4 Å². The van der Waals surface area contributed by atoms with Gasteiger partial charge < -0.3 is 14.9 Å². The number of hydrogen-bond donors (Lipinski definition) is 1. The molecule has 0 saturated carbocycles. The second-order valence-corrected chi connectivity index (χ2v) is 5.54. The highest BCUT2D eigenvalue weighted by Crippen LogP contribution is 2.21. The van der Waals surface area contributed by atoms with Gasteiger partial charge in [0.05, 0.1) is 18.5 Å². The van der Waals surface area contributed by atoms with Gasteiger partial charge >= 0.3 is 0 Å². The third kappa shape index (κ3) is 3.24. The summed E-state index contributed by atoms with van der Waals surface area (Å²) >= 11 is 0. The molecular weight excluding hydrogens is 308 g/mol. The molecule has 126 valence electrons. The number of aromatic nitrogens is 2. The molecule has 0 unspecified atom stereocenters. The fourth-order valence-electron chi connectivity index (χ4n) is 2.54. The molecule has 0 fully saturated rings. The summed E-state index contributed by atoms with van der Waals surface area (Å²) in [5.41, 5.74) is 3.25. The molecule has 1 N–H and O–H groups in total. The van der Waals surface area contributed by atoms with Crippen LogP contribution >= 0.6 is 0 Å². The maximum Gasteiger partial charge on any atom is 0.268 e. The van der Waals surface area contributed by atoms with Crippen molar-refractivity contribution in [1.82, 2.24) is 9.78 Å². The standard InChI is InChI=1S/C17H20N4O3/c1-4-21-10-14(11(2)19-21)15-9-16(24-20-15)17(22)18-12-5-7-13(23-3)8-6-12/h5-8,10,16H,4,9H2,1-3H3,(H,18,22)/t16-/m0/s1. The molecule has 0 bridgehead atoms. The van der Waals surface area contributed by atoms with E-state index < -0.39 is 6.10 Å². The van der Waals surface area contributed by atoms with Crippen LogP contribution in [0.2, 0.25) is 0 Å². The summed E-state index contributed by atoms with van der Waals surface area (Å²) < 4.78 is 6.94. The van der Waals surface area contributed by atoms with E-state index in [1.54, 1.807) is 31.4 Å². The van der Waals surface area contributed by atoms with E-state index in [-0.39, 0.29) is 5.91 Å². The largest absolute Gasteiger partial charge is 0.497 e. The first-order chi connectivity index (χ1) is 11.6. The number of nitrogens with zero attached hydrogens (tertiary/aromatic N) is 3. The van der Waals surface area contributed by atoms with Gasteiger partial charge in [-0.3, -0.25) is 9.48 Å². The van der Waals surface area contributed by atoms with Gasteiger partial charge in [0.25, 0.3) is 5.91 Å². The van der Waals surface area contributed by atoms with E-state index >= 15 is 0 Å². The van der Waals surface area contributed by atoms with Gasteiger partial charge in [0.15, 0.2) is 0 Å². The van der Waals surface area contributed by atoms with Gasteiger partial charge in [-0.25, -0.2) is 0 Å². The number of nitrogens with one attached hydrogen (secondary N) is 1. The summed E-state index contributed by atoms with van der Waals surface area (Å²) in [4.78, 5) is 17.6. The fourth-order valence-corrected chi connectivity index (χ4v) is 2.54. The molecule has 1 aromatic heterocycles. The number of aryl methyl sites for hydroxylation is 2. The molecule has 1 amide bonds. The van der Waals surface area contributed by atoms with Crippen molar-refractivity contribution in [2.45, 2.75) is 32.9 Å². The highest BCUT2D eigenvalue weighted by atomic mass is 16.6. The van der Waals surface area contributed by atoms with Gasteiger partial charge in [0, 0.05) is 30.4 Å². The lowest BCUT2D eigenvalue weighted by molar-refractivity contribution is -0.125. The summed E-state index contributed by atoms with van der Waals surface area (Å²) in [6, 6.07) is 7.14. The van der Waals surface area contributed by atoms with Crippen LogP contribution in [0.4, 0.5) is 5.69 Å². The second kappa shape index (κ2) is 6.74. The predicted octanol–water partition coefficient (Wildman–Crippen LogP) is 2.35. The Morgan fingerprint density at radius 1 is 1.42 bits per heavy atom. The number of amides is 1. The summed E-state index contributed by atoms with van der Waals surface area (Å²) in [6.45, 7) is 4.74. The van der Waals surface area contributed by atoms with Crippen molar-refractivity contribution in [2.24, 2.45) is 5.16 Å². The van der Waals surface area contributed by atoms with Crippen LogP contribution in [-0.2, 0) is 16.2 Å². The number of hydrogen-bond acceptors (Lipinski definition) is 5. The van der Waals surface area contributed by atoms with E-state index in [1.165, 1.54) is 0 Å². The SMILES string of the molecule is CCn1cc(C2=NO[C@H](C(=O)Nc3ccc(OC)cc3)C2)c(C)n1. The van der Waals surface area contributed by atoms with Crippen molar-refractivity contribution >= 4 is 17.3 Å². The molecule has 0 radical (unpaired) electrons. The molecule has 1 atom stereocenters. The molecule has 7 nitrogen and oxygen atoms in total. The van der Waals surface area contributed by atoms with Gasteiger partial charge in [0.1, 0.15) is 5.75 Å². The van der Waals surface area contributed by atoms with Gasteiger partial charge in [-0.15, -0.1) is 0 Å². The van der Waals surface area contributed by atoms with Gasteiger partial charge in [0.2, 0.25) is 6.10 Å². The van der Waals surface area contributed by atoms with E-state index in [2.05, 4.69) is 15.6 Å². The molecule has 2 heterocycles. The highest BCUT2D eigenvalue weighted by molar-refractivity contribution is 6.06. The summed E-state index contributed by atoms with van der Waals surface area (Å²) in [7, 11) is 1.60. The lowest BCUT2D eigenvalue weighted by atomic mass is 10.1. The molecular formula is C17H20N4O3. The molecule has 1 aromatic carbocycles. The van der Waals surface area contributed by atoms with Crippen LogP contribution in [0, 0.1) is 6.92 Å². The predicted molar refractivity (Wildman–Crippen MR) is 90.3 cm³/mol. The van der Waals surface area contributed by atoms with E-state index in [4.69, 9.17) is 9.57 Å². The van der Waals surface area contributed by atoms with Crippen LogP contribution in [-0.4, -0.2) is 34.6 Å².